The molecule has 2 unspecified atom stereocenters. The monoisotopic (exact) mass is 148 g/mol. The Kier molecular flexibility index (Phi) is 2.62. The van der Waals surface area contributed by atoms with E-state index in [0.717, 1.165) is 0 Å². The maximum absolute atomic E-state index is 9.09. The van der Waals surface area contributed by atoms with E-state index in [4.69, 9.17) is 20.1 Å². The zero-order chi connectivity index (χ0) is 7.56. The average molecular weight is 148 g/mol. The van der Waals surface area contributed by atoms with Gasteiger partial charge in [-0.25, -0.2) is 0 Å². The zero-order valence-electron chi connectivity index (χ0n) is 5.60. The molecule has 0 radical (unpaired) electrons. The third-order valence-corrected chi connectivity index (χ3v) is 1.63. The molecule has 3 atom stereocenters. The summed E-state index contributed by atoms with van der Waals surface area (Å²) in [5.74, 6) is 0. The molecule has 3 N–H and O–H groups in total. The van der Waals surface area contributed by atoms with Crippen LogP contribution in [0.25, 0.3) is 0 Å². The predicted molar refractivity (Wildman–Crippen MR) is 33.5 cm³/mol. The topological polar surface area (TPSA) is 69.9 Å². The SMILES string of the molecule is OCC1OCC(O)C[C@H]1O. The minimum atomic E-state index is -0.728. The Balaban J connectivity index is 2.36. The number of aliphatic hydroxyl groups is 3. The average Bonchev–Trinajstić information content (AvgIpc) is 1.88. The van der Waals surface area contributed by atoms with Crippen LogP contribution < -0.4 is 0 Å². The molecule has 10 heavy (non-hydrogen) atoms. The molecule has 0 spiro atoms. The smallest absolute Gasteiger partial charge is 0.107 e. The van der Waals surface area contributed by atoms with E-state index in [2.05, 4.69) is 0 Å². The molecule has 0 aromatic heterocycles. The van der Waals surface area contributed by atoms with Crippen molar-refractivity contribution in [3.8, 4) is 0 Å². The van der Waals surface area contributed by atoms with E-state index >= 15 is 0 Å². The molecule has 4 heteroatoms. The molecule has 1 heterocycles. The van der Waals surface area contributed by atoms with Crippen molar-refractivity contribution in [2.45, 2.75) is 24.7 Å². The maximum atomic E-state index is 9.09. The standard InChI is InChI=1S/C6H12O4/c7-2-6-5(9)1-4(8)3-10-6/h4-9H,1-3H2/t4?,5-,6?/m1/s1. The van der Waals surface area contributed by atoms with Gasteiger partial charge in [-0.05, 0) is 0 Å². The summed E-state index contributed by atoms with van der Waals surface area (Å²) in [6, 6.07) is 0. The van der Waals surface area contributed by atoms with E-state index in [9.17, 15) is 0 Å². The second-order valence-corrected chi connectivity index (χ2v) is 2.51. The molecule has 1 rings (SSSR count). The van der Waals surface area contributed by atoms with E-state index in [0.29, 0.717) is 6.42 Å². The third-order valence-electron chi connectivity index (χ3n) is 1.63. The van der Waals surface area contributed by atoms with Gasteiger partial charge in [0.2, 0.25) is 0 Å². The van der Waals surface area contributed by atoms with E-state index in [-0.39, 0.29) is 13.2 Å². The summed E-state index contributed by atoms with van der Waals surface area (Å²) in [7, 11) is 0. The highest BCUT2D eigenvalue weighted by Gasteiger charge is 2.27. The first-order chi connectivity index (χ1) is 4.74. The van der Waals surface area contributed by atoms with Gasteiger partial charge >= 0.3 is 0 Å². The van der Waals surface area contributed by atoms with Crippen molar-refractivity contribution >= 4 is 0 Å². The Morgan fingerprint density at radius 3 is 2.60 bits per heavy atom. The fraction of sp³-hybridized carbons (Fsp3) is 1.00. The summed E-state index contributed by atoms with van der Waals surface area (Å²) in [5.41, 5.74) is 0. The van der Waals surface area contributed by atoms with Crippen molar-refractivity contribution in [3.63, 3.8) is 0 Å². The Labute approximate surface area is 59.1 Å². The molecule has 1 fully saturated rings. The lowest BCUT2D eigenvalue weighted by molar-refractivity contribution is -0.136. The van der Waals surface area contributed by atoms with E-state index < -0.39 is 18.3 Å². The van der Waals surface area contributed by atoms with Crippen LogP contribution in [0.15, 0.2) is 0 Å². The molecule has 0 aromatic carbocycles. The summed E-state index contributed by atoms with van der Waals surface area (Å²) in [6.07, 6.45) is -1.53. The number of hydrogen-bond acceptors (Lipinski definition) is 4. The first-order valence-electron chi connectivity index (χ1n) is 3.32. The maximum Gasteiger partial charge on any atom is 0.107 e. The van der Waals surface area contributed by atoms with Gasteiger partial charge in [-0.3, -0.25) is 0 Å². The van der Waals surface area contributed by atoms with Gasteiger partial charge in [0.1, 0.15) is 6.10 Å². The minimum Gasteiger partial charge on any atom is -0.394 e. The van der Waals surface area contributed by atoms with Crippen molar-refractivity contribution in [1.82, 2.24) is 0 Å². The first-order valence-corrected chi connectivity index (χ1v) is 3.32. The third kappa shape index (κ3) is 1.67. The summed E-state index contributed by atoms with van der Waals surface area (Å²) < 4.78 is 4.90. The van der Waals surface area contributed by atoms with Crippen molar-refractivity contribution in [2.24, 2.45) is 0 Å². The summed E-state index contributed by atoms with van der Waals surface area (Å²) in [4.78, 5) is 0. The fourth-order valence-corrected chi connectivity index (χ4v) is 1.02. The van der Waals surface area contributed by atoms with Crippen LogP contribution in [-0.2, 0) is 4.74 Å². The molecular formula is C6H12O4. The van der Waals surface area contributed by atoms with Crippen LogP contribution in [-0.4, -0.2) is 46.8 Å². The van der Waals surface area contributed by atoms with Gasteiger partial charge in [-0.2, -0.15) is 0 Å². The minimum absolute atomic E-state index is 0.187. The molecule has 60 valence electrons. The highest BCUT2D eigenvalue weighted by atomic mass is 16.5. The van der Waals surface area contributed by atoms with Gasteiger partial charge in [-0.1, -0.05) is 0 Å². The number of aliphatic hydroxyl groups excluding tert-OH is 3. The highest BCUT2D eigenvalue weighted by Crippen LogP contribution is 2.13. The predicted octanol–water partition coefficient (Wildman–Crippen LogP) is -1.51. The largest absolute Gasteiger partial charge is 0.394 e. The molecule has 0 saturated carbocycles. The molecule has 0 amide bonds. The molecule has 0 aliphatic carbocycles. The zero-order valence-corrected chi connectivity index (χ0v) is 5.60. The van der Waals surface area contributed by atoms with Gasteiger partial charge in [0, 0.05) is 6.42 Å². The number of rotatable bonds is 1. The number of hydrogen-bond donors (Lipinski definition) is 3. The molecular weight excluding hydrogens is 136 g/mol. The van der Waals surface area contributed by atoms with E-state index in [1.165, 1.54) is 0 Å². The van der Waals surface area contributed by atoms with Crippen molar-refractivity contribution in [3.05, 3.63) is 0 Å². The van der Waals surface area contributed by atoms with Crippen LogP contribution in [0.2, 0.25) is 0 Å². The highest BCUT2D eigenvalue weighted by molar-refractivity contribution is 4.76. The molecule has 1 aliphatic heterocycles. The molecule has 1 saturated heterocycles. The lowest BCUT2D eigenvalue weighted by Gasteiger charge is -2.29. The normalized spacial score (nSPS) is 41.7. The van der Waals surface area contributed by atoms with Gasteiger partial charge < -0.3 is 20.1 Å². The van der Waals surface area contributed by atoms with E-state index in [1.807, 2.05) is 0 Å². The van der Waals surface area contributed by atoms with Crippen LogP contribution in [0.1, 0.15) is 6.42 Å². The Hall–Kier alpha value is -0.160. The fourth-order valence-electron chi connectivity index (χ4n) is 1.02. The molecule has 0 aromatic rings. The van der Waals surface area contributed by atoms with Gasteiger partial charge in [0.25, 0.3) is 0 Å². The number of ether oxygens (including phenoxy) is 1. The Morgan fingerprint density at radius 1 is 1.40 bits per heavy atom. The summed E-state index contributed by atoms with van der Waals surface area (Å²) in [6.45, 7) is 0.0240. The van der Waals surface area contributed by atoms with Gasteiger partial charge in [0.05, 0.1) is 25.4 Å². The van der Waals surface area contributed by atoms with Crippen LogP contribution in [0.5, 0.6) is 0 Å². The Bertz CT molecular complexity index is 106. The lowest BCUT2D eigenvalue weighted by Crippen LogP contribution is -2.42. The molecule has 1 aliphatic rings. The van der Waals surface area contributed by atoms with E-state index in [1.54, 1.807) is 0 Å². The Morgan fingerprint density at radius 2 is 2.10 bits per heavy atom. The van der Waals surface area contributed by atoms with Crippen LogP contribution in [0.4, 0.5) is 0 Å². The summed E-state index contributed by atoms with van der Waals surface area (Å²) >= 11 is 0. The first kappa shape index (κ1) is 7.94. The second-order valence-electron chi connectivity index (χ2n) is 2.51. The quantitative estimate of drug-likeness (QED) is 0.423. The molecule has 0 bridgehead atoms. The van der Waals surface area contributed by atoms with Gasteiger partial charge in [0.15, 0.2) is 0 Å². The lowest BCUT2D eigenvalue weighted by atomic mass is 10.0. The van der Waals surface area contributed by atoms with Crippen LogP contribution in [0, 0.1) is 0 Å². The second kappa shape index (κ2) is 3.30. The van der Waals surface area contributed by atoms with Crippen LogP contribution >= 0.6 is 0 Å². The van der Waals surface area contributed by atoms with Gasteiger partial charge in [-0.15, -0.1) is 0 Å². The molecule has 4 nitrogen and oxygen atoms in total. The summed E-state index contributed by atoms with van der Waals surface area (Å²) in [5, 5.41) is 26.6. The van der Waals surface area contributed by atoms with Crippen molar-refractivity contribution in [1.29, 1.82) is 0 Å². The van der Waals surface area contributed by atoms with Crippen molar-refractivity contribution in [2.75, 3.05) is 13.2 Å². The van der Waals surface area contributed by atoms with Crippen molar-refractivity contribution < 1.29 is 20.1 Å². The van der Waals surface area contributed by atoms with Crippen LogP contribution in [0.3, 0.4) is 0 Å².